The summed E-state index contributed by atoms with van der Waals surface area (Å²) in [4.78, 5) is 17.1. The Bertz CT molecular complexity index is 1160. The van der Waals surface area contributed by atoms with Crippen LogP contribution in [0, 0.1) is 17.7 Å². The van der Waals surface area contributed by atoms with Crippen molar-refractivity contribution >= 4 is 17.2 Å². The Morgan fingerprint density at radius 2 is 1.91 bits per heavy atom. The molecule has 1 N–H and O–H groups in total. The number of amides is 1. The van der Waals surface area contributed by atoms with Crippen molar-refractivity contribution in [2.45, 2.75) is 44.6 Å². The van der Waals surface area contributed by atoms with E-state index in [0.29, 0.717) is 41.0 Å². The molecule has 186 valence electrons. The van der Waals surface area contributed by atoms with Crippen molar-refractivity contribution in [3.05, 3.63) is 47.4 Å². The van der Waals surface area contributed by atoms with E-state index < -0.39 is 5.92 Å². The van der Waals surface area contributed by atoms with Crippen molar-refractivity contribution in [1.82, 2.24) is 20.1 Å². The molecule has 1 aliphatic heterocycles. The Hall–Kier alpha value is -2.72. The molecule has 0 radical (unpaired) electrons. The summed E-state index contributed by atoms with van der Waals surface area (Å²) in [5, 5.41) is 10.2. The molecule has 0 spiro atoms. The van der Waals surface area contributed by atoms with Gasteiger partial charge in [-0.05, 0) is 48.9 Å². The van der Waals surface area contributed by atoms with Crippen molar-refractivity contribution < 1.29 is 22.7 Å². The zero-order chi connectivity index (χ0) is 24.4. The maximum absolute atomic E-state index is 13.5. The first-order chi connectivity index (χ1) is 16.8. The van der Waals surface area contributed by atoms with Gasteiger partial charge in [0.15, 0.2) is 0 Å². The molecule has 0 atom stereocenters. The molecule has 3 heterocycles. The van der Waals surface area contributed by atoms with E-state index in [4.69, 9.17) is 4.74 Å². The lowest BCUT2D eigenvalue weighted by atomic mass is 9.81. The molecule has 0 bridgehead atoms. The summed E-state index contributed by atoms with van der Waals surface area (Å²) in [7, 11) is 0. The van der Waals surface area contributed by atoms with Crippen LogP contribution in [-0.4, -0.2) is 46.4 Å². The number of halogens is 3. The lowest BCUT2D eigenvalue weighted by Crippen LogP contribution is -2.37. The lowest BCUT2D eigenvalue weighted by Gasteiger charge is -2.34. The number of aromatic nitrogens is 3. The number of thiazole rings is 1. The molecule has 2 aromatic heterocycles. The Morgan fingerprint density at radius 3 is 2.63 bits per heavy atom. The van der Waals surface area contributed by atoms with E-state index in [-0.39, 0.29) is 36.9 Å². The summed E-state index contributed by atoms with van der Waals surface area (Å²) < 4.78 is 47.1. The van der Waals surface area contributed by atoms with E-state index in [1.807, 2.05) is 11.6 Å². The Balaban J connectivity index is 1.30. The number of ether oxygens (including phenoxy) is 1. The maximum Gasteiger partial charge on any atom is 0.248 e. The van der Waals surface area contributed by atoms with Gasteiger partial charge in [-0.2, -0.15) is 5.10 Å². The van der Waals surface area contributed by atoms with Crippen molar-refractivity contribution in [2.24, 2.45) is 11.8 Å². The number of benzene rings is 1. The predicted octanol–water partition coefficient (Wildman–Crippen LogP) is 4.94. The van der Waals surface area contributed by atoms with Gasteiger partial charge in [-0.1, -0.05) is 0 Å². The van der Waals surface area contributed by atoms with Crippen molar-refractivity contribution in [3.63, 3.8) is 0 Å². The van der Waals surface area contributed by atoms with Gasteiger partial charge in [0.05, 0.1) is 17.7 Å². The van der Waals surface area contributed by atoms with Gasteiger partial charge in [-0.3, -0.25) is 9.48 Å². The Kier molecular flexibility index (Phi) is 6.93. The summed E-state index contributed by atoms with van der Waals surface area (Å²) in [5.41, 5.74) is 2.72. The fraction of sp³-hybridized carbons (Fsp3) is 0.480. The van der Waals surface area contributed by atoms with Crippen LogP contribution in [0.4, 0.5) is 13.2 Å². The van der Waals surface area contributed by atoms with Crippen LogP contribution in [-0.2, 0) is 22.5 Å². The van der Waals surface area contributed by atoms with Crippen LogP contribution < -0.4 is 5.32 Å². The molecule has 1 aromatic carbocycles. The van der Waals surface area contributed by atoms with Gasteiger partial charge >= 0.3 is 0 Å². The second-order valence-electron chi connectivity index (χ2n) is 9.43. The Morgan fingerprint density at radius 1 is 1.17 bits per heavy atom. The molecule has 6 nitrogen and oxygen atoms in total. The zero-order valence-electron chi connectivity index (χ0n) is 19.2. The van der Waals surface area contributed by atoms with Crippen molar-refractivity contribution in [3.8, 4) is 21.8 Å². The van der Waals surface area contributed by atoms with E-state index in [2.05, 4.69) is 15.4 Å². The fourth-order valence-electron chi connectivity index (χ4n) is 4.62. The molecule has 2 aliphatic rings. The number of rotatable bonds is 8. The van der Waals surface area contributed by atoms with Crippen LogP contribution >= 0.6 is 11.3 Å². The van der Waals surface area contributed by atoms with Crippen molar-refractivity contribution in [2.75, 3.05) is 19.8 Å². The van der Waals surface area contributed by atoms with Crippen LogP contribution in [0.3, 0.4) is 0 Å². The van der Waals surface area contributed by atoms with Crippen LogP contribution in [0.15, 0.2) is 35.8 Å². The van der Waals surface area contributed by atoms with Crippen LogP contribution in [0.1, 0.15) is 31.4 Å². The average Bonchev–Trinajstić information content (AvgIpc) is 3.45. The second kappa shape index (κ2) is 10.1. The minimum absolute atomic E-state index is 0.0753. The Labute approximate surface area is 205 Å². The third kappa shape index (κ3) is 5.92. The first-order valence-corrected chi connectivity index (χ1v) is 12.7. The van der Waals surface area contributed by atoms with Gasteiger partial charge in [0.25, 0.3) is 0 Å². The number of carbonyl (C=O) groups excluding carboxylic acids is 1. The molecular weight excluding hydrogens is 477 g/mol. The highest BCUT2D eigenvalue weighted by atomic mass is 32.1. The van der Waals surface area contributed by atoms with Gasteiger partial charge in [0.2, 0.25) is 11.8 Å². The first-order valence-electron chi connectivity index (χ1n) is 11.8. The molecule has 2 fully saturated rings. The summed E-state index contributed by atoms with van der Waals surface area (Å²) in [5.74, 6) is -2.71. The number of hydrogen-bond donors (Lipinski definition) is 1. The molecule has 3 aromatic rings. The topological polar surface area (TPSA) is 69.0 Å². The van der Waals surface area contributed by atoms with Gasteiger partial charge < -0.3 is 10.1 Å². The molecule has 0 unspecified atom stereocenters. The summed E-state index contributed by atoms with van der Waals surface area (Å²) in [6.45, 7) is 2.50. The third-order valence-electron chi connectivity index (χ3n) is 6.55. The molecule has 5 rings (SSSR count). The number of nitrogens with zero attached hydrogens (tertiary/aromatic N) is 3. The molecule has 1 aliphatic carbocycles. The molecule has 10 heteroatoms. The highest BCUT2D eigenvalue weighted by molar-refractivity contribution is 7.13. The quantitative estimate of drug-likeness (QED) is 0.472. The average molecular weight is 505 g/mol. The fourth-order valence-corrected chi connectivity index (χ4v) is 5.45. The number of hydrogen-bond acceptors (Lipinski definition) is 5. The largest absolute Gasteiger partial charge is 0.381 e. The number of alkyl halides is 2. The normalized spacial score (nSPS) is 18.4. The smallest absolute Gasteiger partial charge is 0.248 e. The van der Waals surface area contributed by atoms with E-state index in [0.717, 1.165) is 31.6 Å². The van der Waals surface area contributed by atoms with Gasteiger partial charge in [-0.15, -0.1) is 11.3 Å². The molecule has 1 saturated heterocycles. The van der Waals surface area contributed by atoms with Crippen LogP contribution in [0.25, 0.3) is 21.8 Å². The zero-order valence-corrected chi connectivity index (χ0v) is 20.0. The SMILES string of the molecule is O=C(Cc1csc(-c2cn(CC3CC(F)(F)C3)nc2-c2ccc(F)cc2)n1)NCC1CCOCC1. The number of carbonyl (C=O) groups is 1. The first kappa shape index (κ1) is 24.0. The van der Waals surface area contributed by atoms with E-state index in [1.54, 1.807) is 16.8 Å². The lowest BCUT2D eigenvalue weighted by molar-refractivity contribution is -0.120. The predicted molar refractivity (Wildman–Crippen MR) is 127 cm³/mol. The monoisotopic (exact) mass is 504 g/mol. The van der Waals surface area contributed by atoms with Crippen LogP contribution in [0.2, 0.25) is 0 Å². The van der Waals surface area contributed by atoms with Gasteiger partial charge in [0.1, 0.15) is 16.5 Å². The standard InChI is InChI=1S/C25H27F3N4O2S/c26-19-3-1-18(2-4-19)23-21(14-32(31-23)13-17-10-25(27,28)11-17)24-30-20(15-35-24)9-22(33)29-12-16-5-7-34-8-6-16/h1-4,14-17H,5-13H2,(H,29,33). The van der Waals surface area contributed by atoms with Crippen LogP contribution in [0.5, 0.6) is 0 Å². The van der Waals surface area contributed by atoms with E-state index in [1.165, 1.54) is 23.5 Å². The third-order valence-corrected chi connectivity index (χ3v) is 7.48. The summed E-state index contributed by atoms with van der Waals surface area (Å²) >= 11 is 1.40. The highest BCUT2D eigenvalue weighted by Gasteiger charge is 2.45. The van der Waals surface area contributed by atoms with Gasteiger partial charge in [0, 0.05) is 56.3 Å². The second-order valence-corrected chi connectivity index (χ2v) is 10.3. The number of nitrogens with one attached hydrogen (secondary N) is 1. The summed E-state index contributed by atoms with van der Waals surface area (Å²) in [6.07, 6.45) is 3.61. The van der Waals surface area contributed by atoms with Crippen molar-refractivity contribution in [1.29, 1.82) is 0 Å². The molecule has 35 heavy (non-hydrogen) atoms. The minimum atomic E-state index is -2.59. The molecule has 1 saturated carbocycles. The van der Waals surface area contributed by atoms with E-state index >= 15 is 0 Å². The highest BCUT2D eigenvalue weighted by Crippen LogP contribution is 2.43. The molecule has 1 amide bonds. The van der Waals surface area contributed by atoms with E-state index in [9.17, 15) is 18.0 Å². The molecular formula is C25H27F3N4O2S. The maximum atomic E-state index is 13.5. The summed E-state index contributed by atoms with van der Waals surface area (Å²) in [6, 6.07) is 6.00. The minimum Gasteiger partial charge on any atom is -0.381 e. The van der Waals surface area contributed by atoms with Gasteiger partial charge in [-0.25, -0.2) is 18.2 Å².